The summed E-state index contributed by atoms with van der Waals surface area (Å²) in [5.41, 5.74) is 5.32. The van der Waals surface area contributed by atoms with E-state index in [2.05, 4.69) is 0 Å². The van der Waals surface area contributed by atoms with E-state index in [0.717, 1.165) is 12.8 Å². The molecule has 0 aromatic carbocycles. The van der Waals surface area contributed by atoms with Crippen LogP contribution in [0, 0.1) is 0 Å². The van der Waals surface area contributed by atoms with Gasteiger partial charge in [0.1, 0.15) is 6.61 Å². The Kier molecular flexibility index (Phi) is 5.40. The van der Waals surface area contributed by atoms with E-state index in [1.807, 2.05) is 25.7 Å². The molecule has 0 spiro atoms. The highest BCUT2D eigenvalue weighted by molar-refractivity contribution is 5.77. The molecule has 0 bridgehead atoms. The second-order valence-corrected chi connectivity index (χ2v) is 5.72. The zero-order chi connectivity index (χ0) is 12.9. The number of hydrogen-bond acceptors (Lipinski definition) is 3. The summed E-state index contributed by atoms with van der Waals surface area (Å²) in [5.74, 6) is 0.0808. The Morgan fingerprint density at radius 2 is 1.94 bits per heavy atom. The van der Waals surface area contributed by atoms with Crippen LogP contribution in [0.15, 0.2) is 0 Å². The lowest BCUT2D eigenvalue weighted by atomic mass is 10.2. The summed E-state index contributed by atoms with van der Waals surface area (Å²) in [6.45, 7) is 7.23. The molecule has 1 fully saturated rings. The third-order valence-corrected chi connectivity index (χ3v) is 3.08. The summed E-state index contributed by atoms with van der Waals surface area (Å²) in [4.78, 5) is 14.0. The van der Waals surface area contributed by atoms with Gasteiger partial charge in [-0.1, -0.05) is 12.8 Å². The maximum absolute atomic E-state index is 12.1. The van der Waals surface area contributed by atoms with Crippen LogP contribution in [0.2, 0.25) is 0 Å². The van der Waals surface area contributed by atoms with Crippen molar-refractivity contribution in [1.82, 2.24) is 4.90 Å². The molecule has 0 radical (unpaired) electrons. The van der Waals surface area contributed by atoms with Gasteiger partial charge in [-0.3, -0.25) is 4.79 Å². The minimum absolute atomic E-state index is 0.0808. The zero-order valence-corrected chi connectivity index (χ0v) is 11.4. The first-order valence-electron chi connectivity index (χ1n) is 6.57. The summed E-state index contributed by atoms with van der Waals surface area (Å²) in [6.07, 6.45) is 4.67. The Bertz CT molecular complexity index is 242. The highest BCUT2D eigenvalue weighted by Crippen LogP contribution is 2.23. The minimum atomic E-state index is -0.264. The molecule has 0 unspecified atom stereocenters. The van der Waals surface area contributed by atoms with E-state index < -0.39 is 0 Å². The summed E-state index contributed by atoms with van der Waals surface area (Å²) < 4.78 is 5.55. The van der Waals surface area contributed by atoms with Crippen LogP contribution in [0.25, 0.3) is 0 Å². The lowest BCUT2D eigenvalue weighted by Gasteiger charge is -2.30. The smallest absolute Gasteiger partial charge is 0.248 e. The molecule has 0 atom stereocenters. The third-order valence-electron chi connectivity index (χ3n) is 3.08. The molecule has 1 saturated carbocycles. The van der Waals surface area contributed by atoms with Gasteiger partial charge in [-0.2, -0.15) is 0 Å². The monoisotopic (exact) mass is 242 g/mol. The molecule has 2 N–H and O–H groups in total. The number of amides is 1. The first kappa shape index (κ1) is 14.5. The average molecular weight is 242 g/mol. The van der Waals surface area contributed by atoms with Crippen LogP contribution >= 0.6 is 0 Å². The summed E-state index contributed by atoms with van der Waals surface area (Å²) >= 11 is 0. The molecular weight excluding hydrogens is 216 g/mol. The first-order chi connectivity index (χ1) is 7.94. The van der Waals surface area contributed by atoms with E-state index in [1.165, 1.54) is 12.8 Å². The highest BCUT2D eigenvalue weighted by atomic mass is 16.5. The van der Waals surface area contributed by atoms with Gasteiger partial charge >= 0.3 is 0 Å². The van der Waals surface area contributed by atoms with E-state index in [1.54, 1.807) is 0 Å². The molecule has 0 aromatic rings. The van der Waals surface area contributed by atoms with Crippen LogP contribution in [-0.4, -0.2) is 42.1 Å². The molecule has 1 aliphatic carbocycles. The Hall–Kier alpha value is -0.610. The van der Waals surface area contributed by atoms with Crippen LogP contribution in [-0.2, 0) is 9.53 Å². The van der Waals surface area contributed by atoms with Gasteiger partial charge in [0.2, 0.25) is 5.91 Å². The van der Waals surface area contributed by atoms with Crippen molar-refractivity contribution < 1.29 is 9.53 Å². The molecule has 100 valence electrons. The van der Waals surface area contributed by atoms with Gasteiger partial charge in [-0.25, -0.2) is 0 Å². The van der Waals surface area contributed by atoms with Crippen molar-refractivity contribution in [2.75, 3.05) is 19.7 Å². The number of nitrogens with two attached hydrogens (primary N) is 1. The van der Waals surface area contributed by atoms with Gasteiger partial charge in [0, 0.05) is 19.1 Å². The Morgan fingerprint density at radius 3 is 2.41 bits per heavy atom. The molecule has 1 rings (SSSR count). The van der Waals surface area contributed by atoms with Gasteiger partial charge in [0.15, 0.2) is 0 Å². The molecule has 1 amide bonds. The summed E-state index contributed by atoms with van der Waals surface area (Å²) in [5, 5.41) is 0. The maximum Gasteiger partial charge on any atom is 0.248 e. The van der Waals surface area contributed by atoms with Crippen molar-refractivity contribution >= 4 is 5.91 Å². The average Bonchev–Trinajstić information content (AvgIpc) is 2.74. The largest absolute Gasteiger partial charge is 0.366 e. The molecule has 17 heavy (non-hydrogen) atoms. The lowest BCUT2D eigenvalue weighted by molar-refractivity contribution is -0.143. The fraction of sp³-hybridized carbons (Fsp3) is 0.923. The van der Waals surface area contributed by atoms with E-state index >= 15 is 0 Å². The third kappa shape index (κ3) is 5.04. The van der Waals surface area contributed by atoms with Crippen molar-refractivity contribution in [3.05, 3.63) is 0 Å². The van der Waals surface area contributed by atoms with Gasteiger partial charge in [-0.15, -0.1) is 0 Å². The summed E-state index contributed by atoms with van der Waals surface area (Å²) in [7, 11) is 0. The number of carbonyl (C=O) groups excluding carboxylic acids is 1. The quantitative estimate of drug-likeness (QED) is 0.795. The molecule has 0 aromatic heterocycles. The summed E-state index contributed by atoms with van der Waals surface area (Å²) in [6, 6.07) is 0.384. The van der Waals surface area contributed by atoms with E-state index in [9.17, 15) is 4.79 Å². The predicted octanol–water partition coefficient (Wildman–Crippen LogP) is 1.53. The SMILES string of the molecule is CC(C)(C)OCC(=O)N(CCN)C1CCCC1. The second kappa shape index (κ2) is 6.36. The molecule has 0 aliphatic heterocycles. The van der Waals surface area contributed by atoms with Crippen LogP contribution < -0.4 is 5.73 Å². The molecule has 0 saturated heterocycles. The molecule has 0 heterocycles. The van der Waals surface area contributed by atoms with Crippen LogP contribution in [0.5, 0.6) is 0 Å². The first-order valence-corrected chi connectivity index (χ1v) is 6.57. The van der Waals surface area contributed by atoms with Gasteiger partial charge in [0.25, 0.3) is 0 Å². The van der Waals surface area contributed by atoms with Crippen LogP contribution in [0.3, 0.4) is 0 Å². The molecular formula is C13H26N2O2. The predicted molar refractivity (Wildman–Crippen MR) is 68.7 cm³/mol. The van der Waals surface area contributed by atoms with Crippen molar-refractivity contribution in [2.45, 2.75) is 58.1 Å². The Morgan fingerprint density at radius 1 is 1.35 bits per heavy atom. The van der Waals surface area contributed by atoms with Gasteiger partial charge in [0.05, 0.1) is 5.60 Å². The highest BCUT2D eigenvalue weighted by Gasteiger charge is 2.26. The number of hydrogen-bond donors (Lipinski definition) is 1. The number of rotatable bonds is 5. The fourth-order valence-corrected chi connectivity index (χ4v) is 2.23. The zero-order valence-electron chi connectivity index (χ0n) is 11.4. The van der Waals surface area contributed by atoms with Crippen molar-refractivity contribution in [2.24, 2.45) is 5.73 Å². The number of ether oxygens (including phenoxy) is 1. The molecule has 4 heteroatoms. The topological polar surface area (TPSA) is 55.6 Å². The van der Waals surface area contributed by atoms with Crippen molar-refractivity contribution in [1.29, 1.82) is 0 Å². The number of carbonyl (C=O) groups is 1. The van der Waals surface area contributed by atoms with E-state index in [-0.39, 0.29) is 18.1 Å². The normalized spacial score (nSPS) is 17.4. The maximum atomic E-state index is 12.1. The minimum Gasteiger partial charge on any atom is -0.366 e. The van der Waals surface area contributed by atoms with Gasteiger partial charge in [-0.05, 0) is 33.6 Å². The van der Waals surface area contributed by atoms with Gasteiger partial charge < -0.3 is 15.4 Å². The van der Waals surface area contributed by atoms with Crippen molar-refractivity contribution in [3.8, 4) is 0 Å². The molecule has 4 nitrogen and oxygen atoms in total. The van der Waals surface area contributed by atoms with Crippen LogP contribution in [0.4, 0.5) is 0 Å². The fourth-order valence-electron chi connectivity index (χ4n) is 2.23. The number of nitrogens with zero attached hydrogens (tertiary/aromatic N) is 1. The second-order valence-electron chi connectivity index (χ2n) is 5.72. The van der Waals surface area contributed by atoms with E-state index in [4.69, 9.17) is 10.5 Å². The van der Waals surface area contributed by atoms with Crippen molar-refractivity contribution in [3.63, 3.8) is 0 Å². The van der Waals surface area contributed by atoms with Crippen LogP contribution in [0.1, 0.15) is 46.5 Å². The molecule has 1 aliphatic rings. The standard InChI is InChI=1S/C13H26N2O2/c1-13(2,3)17-10-12(16)15(9-8-14)11-6-4-5-7-11/h11H,4-10,14H2,1-3H3. The van der Waals surface area contributed by atoms with E-state index in [0.29, 0.717) is 19.1 Å². The Balaban J connectivity index is 2.48. The Labute approximate surface area is 104 Å². The lowest BCUT2D eigenvalue weighted by Crippen LogP contribution is -2.44.